The van der Waals surface area contributed by atoms with Gasteiger partial charge in [-0.2, -0.15) is 0 Å². The van der Waals surface area contributed by atoms with Crippen molar-refractivity contribution in [3.63, 3.8) is 0 Å². The molecule has 2 aromatic carbocycles. The summed E-state index contributed by atoms with van der Waals surface area (Å²) in [4.78, 5) is 12.1. The fourth-order valence-corrected chi connectivity index (χ4v) is 2.81. The summed E-state index contributed by atoms with van der Waals surface area (Å²) in [6.45, 7) is 0.203. The van der Waals surface area contributed by atoms with Crippen molar-refractivity contribution in [2.45, 2.75) is 25.4 Å². The Kier molecular flexibility index (Phi) is 6.39. The van der Waals surface area contributed by atoms with Gasteiger partial charge in [-0.1, -0.05) is 23.4 Å². The zero-order chi connectivity index (χ0) is 19.9. The quantitative estimate of drug-likeness (QED) is 0.624. The number of aromatic nitrogens is 1. The second kappa shape index (κ2) is 9.14. The third kappa shape index (κ3) is 5.17. The number of nitrogens with zero attached hydrogens (tertiary/aromatic N) is 1. The Labute approximate surface area is 162 Å². The van der Waals surface area contributed by atoms with E-state index in [1.165, 1.54) is 6.07 Å². The van der Waals surface area contributed by atoms with Gasteiger partial charge in [-0.15, -0.1) is 0 Å². The fraction of sp³-hybridized carbons (Fsp3) is 0.238. The number of benzene rings is 2. The molecule has 3 rings (SSSR count). The molecule has 1 amide bonds. The van der Waals surface area contributed by atoms with Crippen LogP contribution in [-0.2, 0) is 17.8 Å². The maximum absolute atomic E-state index is 13.7. The topological polar surface area (TPSA) is 90.4 Å². The number of halogens is 1. The van der Waals surface area contributed by atoms with E-state index in [9.17, 15) is 9.18 Å². The van der Waals surface area contributed by atoms with Crippen LogP contribution in [0.25, 0.3) is 11.3 Å². The van der Waals surface area contributed by atoms with Crippen LogP contribution in [0.4, 0.5) is 4.39 Å². The Morgan fingerprint density at radius 2 is 2.00 bits per heavy atom. The van der Waals surface area contributed by atoms with Crippen molar-refractivity contribution in [1.82, 2.24) is 10.5 Å². The Hall–Kier alpha value is -3.19. The Bertz CT molecular complexity index is 925. The van der Waals surface area contributed by atoms with Crippen LogP contribution in [0.1, 0.15) is 17.7 Å². The molecule has 0 unspecified atom stereocenters. The number of carbonyl (C=O) groups is 1. The van der Waals surface area contributed by atoms with Crippen LogP contribution in [0.3, 0.4) is 0 Å². The van der Waals surface area contributed by atoms with E-state index in [0.29, 0.717) is 23.4 Å². The van der Waals surface area contributed by atoms with E-state index in [0.717, 1.165) is 11.3 Å². The van der Waals surface area contributed by atoms with Crippen LogP contribution in [0.15, 0.2) is 59.1 Å². The molecule has 0 saturated heterocycles. The molecule has 6 nitrogen and oxygen atoms in total. The lowest BCUT2D eigenvalue weighted by Crippen LogP contribution is -2.32. The van der Waals surface area contributed by atoms with Crippen molar-refractivity contribution in [1.29, 1.82) is 0 Å². The van der Waals surface area contributed by atoms with E-state index in [1.54, 1.807) is 31.4 Å². The lowest BCUT2D eigenvalue weighted by molar-refractivity contribution is -0.121. The summed E-state index contributed by atoms with van der Waals surface area (Å²) in [6, 6.07) is 15.1. The third-order valence-corrected chi connectivity index (χ3v) is 4.29. The molecular weight excluding hydrogens is 361 g/mol. The molecular formula is C21H22FN3O3. The lowest BCUT2D eigenvalue weighted by Gasteiger charge is -2.12. The van der Waals surface area contributed by atoms with Crippen LogP contribution in [0.5, 0.6) is 5.75 Å². The molecule has 0 bridgehead atoms. The SMILES string of the molecule is COc1ccc(-c2cc(CNC(=O)C[C@H](N)Cc3ccccc3F)on2)cc1. The first-order chi connectivity index (χ1) is 13.5. The molecule has 0 saturated carbocycles. The van der Waals surface area contributed by atoms with Gasteiger partial charge >= 0.3 is 0 Å². The van der Waals surface area contributed by atoms with Crippen LogP contribution in [-0.4, -0.2) is 24.2 Å². The van der Waals surface area contributed by atoms with Gasteiger partial charge in [-0.3, -0.25) is 4.79 Å². The molecule has 0 aliphatic heterocycles. The van der Waals surface area contributed by atoms with Crippen molar-refractivity contribution in [2.24, 2.45) is 5.73 Å². The number of rotatable bonds is 8. The minimum Gasteiger partial charge on any atom is -0.497 e. The molecule has 7 heteroatoms. The molecule has 0 aliphatic rings. The summed E-state index contributed by atoms with van der Waals surface area (Å²) in [5, 5.41) is 6.76. The standard InChI is InChI=1S/C21H22FN3O3/c1-27-17-8-6-14(7-9-17)20-12-18(28-25-20)13-24-21(26)11-16(23)10-15-4-2-3-5-19(15)22/h2-9,12,16H,10-11,13,23H2,1H3,(H,24,26)/t16-/m1/s1. The van der Waals surface area contributed by atoms with Gasteiger partial charge in [0.2, 0.25) is 5.91 Å². The van der Waals surface area contributed by atoms with E-state index in [1.807, 2.05) is 24.3 Å². The van der Waals surface area contributed by atoms with E-state index in [-0.39, 0.29) is 24.7 Å². The van der Waals surface area contributed by atoms with Gasteiger partial charge in [0.25, 0.3) is 0 Å². The fourth-order valence-electron chi connectivity index (χ4n) is 2.81. The summed E-state index contributed by atoms with van der Waals surface area (Å²) >= 11 is 0. The zero-order valence-electron chi connectivity index (χ0n) is 15.5. The van der Waals surface area contributed by atoms with E-state index >= 15 is 0 Å². The molecule has 0 aliphatic carbocycles. The first-order valence-corrected chi connectivity index (χ1v) is 8.91. The number of nitrogens with two attached hydrogens (primary N) is 1. The molecule has 1 heterocycles. The summed E-state index contributed by atoms with van der Waals surface area (Å²) in [6.07, 6.45) is 0.387. The van der Waals surface area contributed by atoms with Crippen molar-refractivity contribution in [3.8, 4) is 17.0 Å². The second-order valence-corrected chi connectivity index (χ2v) is 6.44. The summed E-state index contributed by atoms with van der Waals surface area (Å²) in [5.74, 6) is 0.741. The second-order valence-electron chi connectivity index (χ2n) is 6.44. The van der Waals surface area contributed by atoms with Crippen LogP contribution in [0.2, 0.25) is 0 Å². The van der Waals surface area contributed by atoms with Crippen molar-refractivity contribution >= 4 is 5.91 Å². The zero-order valence-corrected chi connectivity index (χ0v) is 15.5. The molecule has 1 aromatic heterocycles. The molecule has 0 radical (unpaired) electrons. The van der Waals surface area contributed by atoms with Crippen molar-refractivity contribution < 1.29 is 18.4 Å². The minimum absolute atomic E-state index is 0.0911. The molecule has 3 aromatic rings. The average molecular weight is 383 g/mol. The smallest absolute Gasteiger partial charge is 0.221 e. The molecule has 0 spiro atoms. The first kappa shape index (κ1) is 19.6. The van der Waals surface area contributed by atoms with Crippen LogP contribution < -0.4 is 15.8 Å². The Morgan fingerprint density at radius 3 is 2.71 bits per heavy atom. The van der Waals surface area contributed by atoms with Gasteiger partial charge in [0.1, 0.15) is 17.3 Å². The number of hydrogen-bond acceptors (Lipinski definition) is 5. The number of methoxy groups -OCH3 is 1. The average Bonchev–Trinajstić information content (AvgIpc) is 3.17. The Morgan fingerprint density at radius 1 is 1.25 bits per heavy atom. The number of carbonyl (C=O) groups excluding carboxylic acids is 1. The maximum Gasteiger partial charge on any atom is 0.221 e. The number of nitrogens with one attached hydrogen (secondary N) is 1. The predicted molar refractivity (Wildman–Crippen MR) is 103 cm³/mol. The molecule has 3 N–H and O–H groups in total. The van der Waals surface area contributed by atoms with Gasteiger partial charge in [0.05, 0.1) is 13.7 Å². The highest BCUT2D eigenvalue weighted by Crippen LogP contribution is 2.22. The van der Waals surface area contributed by atoms with E-state index in [4.69, 9.17) is 15.0 Å². The normalized spacial score (nSPS) is 11.8. The summed E-state index contributed by atoms with van der Waals surface area (Å²) < 4.78 is 24.1. The monoisotopic (exact) mass is 383 g/mol. The first-order valence-electron chi connectivity index (χ1n) is 8.91. The highest BCUT2D eigenvalue weighted by molar-refractivity contribution is 5.76. The van der Waals surface area contributed by atoms with Gasteiger partial charge in [-0.25, -0.2) is 4.39 Å². The van der Waals surface area contributed by atoms with Crippen molar-refractivity contribution in [2.75, 3.05) is 7.11 Å². The molecule has 1 atom stereocenters. The van der Waals surface area contributed by atoms with Crippen LogP contribution in [0, 0.1) is 5.82 Å². The number of hydrogen-bond donors (Lipinski definition) is 2. The summed E-state index contributed by atoms with van der Waals surface area (Å²) in [7, 11) is 1.61. The highest BCUT2D eigenvalue weighted by atomic mass is 19.1. The highest BCUT2D eigenvalue weighted by Gasteiger charge is 2.13. The van der Waals surface area contributed by atoms with Gasteiger partial charge in [0.15, 0.2) is 5.76 Å². The summed E-state index contributed by atoms with van der Waals surface area (Å²) in [5.41, 5.74) is 8.03. The van der Waals surface area contributed by atoms with Crippen LogP contribution >= 0.6 is 0 Å². The third-order valence-electron chi connectivity index (χ3n) is 4.29. The van der Waals surface area contributed by atoms with Gasteiger partial charge in [0, 0.05) is 24.1 Å². The largest absolute Gasteiger partial charge is 0.497 e. The molecule has 28 heavy (non-hydrogen) atoms. The van der Waals surface area contributed by atoms with Gasteiger partial charge in [-0.05, 0) is 42.3 Å². The van der Waals surface area contributed by atoms with E-state index in [2.05, 4.69) is 10.5 Å². The number of ether oxygens (including phenoxy) is 1. The van der Waals surface area contributed by atoms with Gasteiger partial charge < -0.3 is 20.3 Å². The van der Waals surface area contributed by atoms with Crippen molar-refractivity contribution in [3.05, 3.63) is 71.7 Å². The number of amides is 1. The predicted octanol–water partition coefficient (Wildman–Crippen LogP) is 3.07. The lowest BCUT2D eigenvalue weighted by atomic mass is 10.0. The molecule has 0 fully saturated rings. The molecule has 146 valence electrons. The maximum atomic E-state index is 13.7. The Balaban J connectivity index is 1.49. The van der Waals surface area contributed by atoms with E-state index < -0.39 is 6.04 Å². The minimum atomic E-state index is -0.471.